The molecule has 0 saturated carbocycles. The second-order valence-electron chi connectivity index (χ2n) is 2.19. The Morgan fingerprint density at radius 3 is 3.08 bits per heavy atom. The van der Waals surface area contributed by atoms with E-state index in [0.717, 1.165) is 0 Å². The van der Waals surface area contributed by atoms with Gasteiger partial charge in [0.2, 0.25) is 5.95 Å². The Morgan fingerprint density at radius 2 is 2.46 bits per heavy atom. The largest absolute Gasteiger partial charge is 0.378 e. The SMILES string of the molecule is [2H]C([2H])([2H])OC1([2H])C([2H])([2H])N(c2ncc(Br)cn2)C1([2H])[2H]. The molecule has 0 N–H and O–H groups in total. The second-order valence-corrected chi connectivity index (χ2v) is 3.11. The topological polar surface area (TPSA) is 38.2 Å². The van der Waals surface area contributed by atoms with E-state index in [0.29, 0.717) is 9.37 Å². The standard InChI is InChI=1S/C8H10BrN3O/c1-13-7-4-12(5-7)8-10-2-6(9)3-11-8/h2-3,7H,4-5H2,1H3/i1D3,4D2,5D2,7D. The molecule has 1 aromatic rings. The Morgan fingerprint density at radius 1 is 1.77 bits per heavy atom. The Labute approximate surface area is 96.3 Å². The number of hydrogen-bond donors (Lipinski definition) is 0. The fraction of sp³-hybridized carbons (Fsp3) is 0.500. The number of aromatic nitrogens is 2. The number of nitrogens with zero attached hydrogens (tertiary/aromatic N) is 3. The van der Waals surface area contributed by atoms with Crippen molar-refractivity contribution in [2.75, 3.05) is 24.9 Å². The molecule has 0 radical (unpaired) electrons. The molecule has 0 atom stereocenters. The van der Waals surface area contributed by atoms with Crippen LogP contribution in [0.15, 0.2) is 16.9 Å². The van der Waals surface area contributed by atoms with Gasteiger partial charge in [-0.15, -0.1) is 0 Å². The predicted molar refractivity (Wildman–Crippen MR) is 52.7 cm³/mol. The first-order chi connectivity index (χ1) is 9.33. The molecule has 0 unspecified atom stereocenters. The summed E-state index contributed by atoms with van der Waals surface area (Å²) in [6.07, 6.45) is -0.381. The van der Waals surface area contributed by atoms with E-state index in [2.05, 4.69) is 30.6 Å². The zero-order valence-corrected chi connectivity index (χ0v) is 7.87. The van der Waals surface area contributed by atoms with Gasteiger partial charge in [-0.25, -0.2) is 9.97 Å². The molecular weight excluding hydrogens is 234 g/mol. The van der Waals surface area contributed by atoms with Gasteiger partial charge in [-0.1, -0.05) is 0 Å². The molecule has 13 heavy (non-hydrogen) atoms. The van der Waals surface area contributed by atoms with Crippen LogP contribution in [0.3, 0.4) is 0 Å². The lowest BCUT2D eigenvalue weighted by Gasteiger charge is -2.37. The molecule has 0 amide bonds. The van der Waals surface area contributed by atoms with E-state index in [4.69, 9.17) is 11.0 Å². The van der Waals surface area contributed by atoms with Crippen LogP contribution in [0.25, 0.3) is 0 Å². The van der Waals surface area contributed by atoms with Gasteiger partial charge >= 0.3 is 0 Å². The molecule has 0 bridgehead atoms. The van der Waals surface area contributed by atoms with Crippen molar-refractivity contribution in [1.29, 1.82) is 0 Å². The van der Waals surface area contributed by atoms with Crippen molar-refractivity contribution >= 4 is 21.9 Å². The first kappa shape index (κ1) is 3.47. The molecule has 4 nitrogen and oxygen atoms in total. The number of rotatable bonds is 2. The van der Waals surface area contributed by atoms with Crippen LogP contribution in [0.5, 0.6) is 0 Å². The monoisotopic (exact) mass is 251 g/mol. The molecule has 1 saturated heterocycles. The lowest BCUT2D eigenvalue weighted by atomic mass is 10.2. The van der Waals surface area contributed by atoms with E-state index >= 15 is 0 Å². The maximum atomic E-state index is 7.81. The molecule has 1 aliphatic heterocycles. The third-order valence-electron chi connectivity index (χ3n) is 1.34. The molecule has 1 fully saturated rings. The van der Waals surface area contributed by atoms with Crippen LogP contribution in [0, 0.1) is 0 Å². The molecule has 0 aliphatic carbocycles. The maximum Gasteiger partial charge on any atom is 0.225 e. The minimum absolute atomic E-state index is 0.315. The van der Waals surface area contributed by atoms with Gasteiger partial charge in [-0.3, -0.25) is 0 Å². The smallest absolute Gasteiger partial charge is 0.225 e. The van der Waals surface area contributed by atoms with Crippen molar-refractivity contribution in [2.45, 2.75) is 6.08 Å². The number of anilines is 1. The minimum atomic E-state index is -3.12. The normalized spacial score (nSPS) is 37.5. The summed E-state index contributed by atoms with van der Waals surface area (Å²) < 4.78 is 64.8. The highest BCUT2D eigenvalue weighted by Crippen LogP contribution is 2.18. The van der Waals surface area contributed by atoms with Gasteiger partial charge in [0.1, 0.15) is 0 Å². The first-order valence-corrected chi connectivity index (χ1v) is 4.10. The summed E-state index contributed by atoms with van der Waals surface area (Å²) in [5.74, 6) is -0.315. The van der Waals surface area contributed by atoms with Crippen molar-refractivity contribution in [3.63, 3.8) is 0 Å². The van der Waals surface area contributed by atoms with Gasteiger partial charge in [-0.2, -0.15) is 0 Å². The third-order valence-corrected chi connectivity index (χ3v) is 1.74. The van der Waals surface area contributed by atoms with Gasteiger partial charge in [0.05, 0.1) is 21.5 Å². The summed E-state index contributed by atoms with van der Waals surface area (Å²) in [7, 11) is -3.12. The molecule has 2 heterocycles. The van der Waals surface area contributed by atoms with E-state index < -0.39 is 26.1 Å². The average Bonchev–Trinajstić information content (AvgIpc) is 2.28. The molecule has 1 aromatic heterocycles. The third kappa shape index (κ3) is 1.81. The predicted octanol–water partition coefficient (Wildman–Crippen LogP) is 1.07. The van der Waals surface area contributed by atoms with E-state index in [-0.39, 0.29) is 5.95 Å². The number of ether oxygens (including phenoxy) is 1. The fourth-order valence-corrected chi connectivity index (χ4v) is 0.974. The Kier molecular flexibility index (Phi) is 0.960. The van der Waals surface area contributed by atoms with Crippen molar-refractivity contribution in [3.8, 4) is 0 Å². The van der Waals surface area contributed by atoms with E-state index in [1.807, 2.05) is 0 Å². The van der Waals surface area contributed by atoms with Crippen molar-refractivity contribution in [3.05, 3.63) is 16.9 Å². The van der Waals surface area contributed by atoms with Crippen LogP contribution in [-0.4, -0.2) is 36.1 Å². The highest BCUT2D eigenvalue weighted by Gasteiger charge is 2.28. The van der Waals surface area contributed by atoms with Gasteiger partial charge in [0, 0.05) is 32.4 Å². The van der Waals surface area contributed by atoms with E-state index in [9.17, 15) is 0 Å². The van der Waals surface area contributed by atoms with Gasteiger partial charge < -0.3 is 9.64 Å². The van der Waals surface area contributed by atoms with Crippen molar-refractivity contribution in [1.82, 2.24) is 9.97 Å². The van der Waals surface area contributed by atoms with Crippen LogP contribution < -0.4 is 4.90 Å². The zero-order chi connectivity index (χ0) is 16.3. The quantitative estimate of drug-likeness (QED) is 0.789. The number of halogens is 1. The number of hydrogen-bond acceptors (Lipinski definition) is 4. The van der Waals surface area contributed by atoms with Crippen LogP contribution in [0.4, 0.5) is 5.95 Å². The van der Waals surface area contributed by atoms with Crippen LogP contribution >= 0.6 is 15.9 Å². The Bertz CT molecular complexity index is 531. The van der Waals surface area contributed by atoms with E-state index in [1.165, 1.54) is 12.4 Å². The van der Waals surface area contributed by atoms with Crippen molar-refractivity contribution < 1.29 is 15.7 Å². The van der Waals surface area contributed by atoms with Gasteiger partial charge in [0.25, 0.3) is 0 Å². The Hall–Kier alpha value is -0.680. The second kappa shape index (κ2) is 3.59. The zero-order valence-electron chi connectivity index (χ0n) is 14.3. The minimum Gasteiger partial charge on any atom is -0.378 e. The summed E-state index contributed by atoms with van der Waals surface area (Å²) in [5.41, 5.74) is 0. The average molecular weight is 252 g/mol. The van der Waals surface area contributed by atoms with Gasteiger partial charge in [-0.05, 0) is 15.9 Å². The molecule has 1 aliphatic rings. The summed E-state index contributed by atoms with van der Waals surface area (Å²) in [4.78, 5) is 8.00. The Balaban J connectivity index is 2.42. The van der Waals surface area contributed by atoms with E-state index in [1.54, 1.807) is 0 Å². The van der Waals surface area contributed by atoms with Gasteiger partial charge in [0.15, 0.2) is 0 Å². The first-order valence-electron chi connectivity index (χ1n) is 7.31. The van der Waals surface area contributed by atoms with Crippen LogP contribution in [0.2, 0.25) is 0 Å². The van der Waals surface area contributed by atoms with Crippen LogP contribution in [0.1, 0.15) is 11.0 Å². The fourth-order valence-electron chi connectivity index (χ4n) is 0.770. The highest BCUT2D eigenvalue weighted by molar-refractivity contribution is 9.10. The summed E-state index contributed by atoms with van der Waals surface area (Å²) in [6.45, 7) is -5.53. The molecule has 70 valence electrons. The lowest BCUT2D eigenvalue weighted by Crippen LogP contribution is -2.52. The summed E-state index contributed by atoms with van der Waals surface area (Å²) >= 11 is 3.09. The molecule has 5 heteroatoms. The van der Waals surface area contributed by atoms with Crippen LogP contribution in [-0.2, 0) is 4.74 Å². The number of methoxy groups -OCH3 is 1. The summed E-state index contributed by atoms with van der Waals surface area (Å²) in [5, 5.41) is 0. The summed E-state index contributed by atoms with van der Waals surface area (Å²) in [6, 6.07) is 0. The highest BCUT2D eigenvalue weighted by atomic mass is 79.9. The molecule has 0 spiro atoms. The lowest BCUT2D eigenvalue weighted by molar-refractivity contribution is 0.0778. The maximum absolute atomic E-state index is 7.81. The molecule has 2 rings (SSSR count). The molecular formula is C8H10BrN3O. The van der Waals surface area contributed by atoms with Crippen molar-refractivity contribution in [2.24, 2.45) is 0 Å². The molecule has 0 aromatic carbocycles.